The first-order valence-electron chi connectivity index (χ1n) is 6.20. The zero-order valence-corrected chi connectivity index (χ0v) is 11.5. The van der Waals surface area contributed by atoms with E-state index in [-0.39, 0.29) is 28.3 Å². The smallest absolute Gasteiger partial charge is 0.271 e. The summed E-state index contributed by atoms with van der Waals surface area (Å²) in [5.41, 5.74) is 0.0799. The normalized spacial score (nSPS) is 17.7. The highest BCUT2D eigenvalue weighted by atomic mass is 32.1. The zero-order valence-electron chi connectivity index (χ0n) is 10.7. The van der Waals surface area contributed by atoms with Gasteiger partial charge < -0.3 is 20.5 Å². The highest BCUT2D eigenvalue weighted by Crippen LogP contribution is 2.27. The molecule has 2 rings (SSSR count). The number of phenolic OH excluding ortho intramolecular Hbond substituents is 1. The van der Waals surface area contributed by atoms with Gasteiger partial charge in [0.05, 0.1) is 16.7 Å². The van der Waals surface area contributed by atoms with Gasteiger partial charge in [-0.25, -0.2) is 0 Å². The van der Waals surface area contributed by atoms with Gasteiger partial charge in [0, 0.05) is 25.3 Å². The van der Waals surface area contributed by atoms with Crippen LogP contribution < -0.4 is 10.6 Å². The molecule has 1 fully saturated rings. The Hall–Kier alpha value is -1.93. The van der Waals surface area contributed by atoms with Crippen molar-refractivity contribution in [2.75, 3.05) is 18.5 Å². The number of thiocarbonyl (C=S) groups is 1. The maximum atomic E-state index is 10.7. The molecular weight excluding hydrogens is 282 g/mol. The van der Waals surface area contributed by atoms with E-state index in [1.165, 1.54) is 18.2 Å². The second-order valence-electron chi connectivity index (χ2n) is 4.43. The molecule has 1 aliphatic rings. The molecule has 3 N–H and O–H groups in total. The molecule has 1 aromatic rings. The van der Waals surface area contributed by atoms with E-state index in [0.717, 1.165) is 19.4 Å². The predicted octanol–water partition coefficient (Wildman–Crippen LogP) is 1.77. The molecule has 20 heavy (non-hydrogen) atoms. The molecule has 1 atom stereocenters. The van der Waals surface area contributed by atoms with Crippen LogP contribution in [0, 0.1) is 10.1 Å². The molecule has 1 heterocycles. The number of nitro groups is 1. The Labute approximate surface area is 121 Å². The van der Waals surface area contributed by atoms with E-state index in [1.807, 2.05) is 0 Å². The number of rotatable bonds is 4. The van der Waals surface area contributed by atoms with Crippen LogP contribution in [-0.2, 0) is 4.74 Å². The van der Waals surface area contributed by atoms with Gasteiger partial charge in [0.1, 0.15) is 5.75 Å². The first-order valence-corrected chi connectivity index (χ1v) is 6.61. The first-order chi connectivity index (χ1) is 9.56. The predicted molar refractivity (Wildman–Crippen MR) is 78.0 cm³/mol. The van der Waals surface area contributed by atoms with Crippen LogP contribution in [0.3, 0.4) is 0 Å². The molecule has 8 heteroatoms. The van der Waals surface area contributed by atoms with E-state index < -0.39 is 4.92 Å². The van der Waals surface area contributed by atoms with Gasteiger partial charge in [0.15, 0.2) is 5.11 Å². The highest BCUT2D eigenvalue weighted by Gasteiger charge is 2.16. The Kier molecular flexibility index (Phi) is 4.70. The molecular formula is C12H15N3O4S. The monoisotopic (exact) mass is 297 g/mol. The Morgan fingerprint density at radius 3 is 3.05 bits per heavy atom. The summed E-state index contributed by atoms with van der Waals surface area (Å²) in [5.74, 6) is -0.100. The SMILES string of the molecule is O=[N+]([O-])c1ccc(O)c(NC(=S)NC[C@@H]2CCCO2)c1. The lowest BCUT2D eigenvalue weighted by molar-refractivity contribution is -0.384. The number of hydrogen-bond acceptors (Lipinski definition) is 5. The molecule has 1 aliphatic heterocycles. The van der Waals surface area contributed by atoms with Crippen molar-refractivity contribution in [1.29, 1.82) is 0 Å². The number of nitrogens with zero attached hydrogens (tertiary/aromatic N) is 1. The Morgan fingerprint density at radius 1 is 1.60 bits per heavy atom. The third kappa shape index (κ3) is 3.78. The number of nitrogens with one attached hydrogen (secondary N) is 2. The topological polar surface area (TPSA) is 96.7 Å². The van der Waals surface area contributed by atoms with Crippen LogP contribution in [0.1, 0.15) is 12.8 Å². The van der Waals surface area contributed by atoms with Crippen molar-refractivity contribution in [3.05, 3.63) is 28.3 Å². The fourth-order valence-corrected chi connectivity index (χ4v) is 2.11. The van der Waals surface area contributed by atoms with E-state index in [2.05, 4.69) is 10.6 Å². The number of benzene rings is 1. The molecule has 0 saturated carbocycles. The molecule has 0 bridgehead atoms. The van der Waals surface area contributed by atoms with Crippen LogP contribution >= 0.6 is 12.2 Å². The average Bonchev–Trinajstić information content (AvgIpc) is 2.92. The summed E-state index contributed by atoms with van der Waals surface area (Å²) in [7, 11) is 0. The lowest BCUT2D eigenvalue weighted by Gasteiger charge is -2.14. The number of phenols is 1. The van der Waals surface area contributed by atoms with Crippen LogP contribution in [0.2, 0.25) is 0 Å². The number of aromatic hydroxyl groups is 1. The molecule has 7 nitrogen and oxygen atoms in total. The van der Waals surface area contributed by atoms with E-state index in [1.54, 1.807) is 0 Å². The summed E-state index contributed by atoms with van der Waals surface area (Å²) in [5, 5.41) is 26.3. The molecule has 108 valence electrons. The van der Waals surface area contributed by atoms with Crippen LogP contribution in [-0.4, -0.2) is 34.4 Å². The molecule has 0 radical (unpaired) electrons. The van der Waals surface area contributed by atoms with E-state index in [9.17, 15) is 15.2 Å². The molecule has 0 unspecified atom stereocenters. The Balaban J connectivity index is 1.92. The summed E-state index contributed by atoms with van der Waals surface area (Å²) >= 11 is 5.08. The molecule has 0 aromatic heterocycles. The van der Waals surface area contributed by atoms with Gasteiger partial charge in [0.2, 0.25) is 0 Å². The van der Waals surface area contributed by atoms with Crippen molar-refractivity contribution in [3.8, 4) is 5.75 Å². The van der Waals surface area contributed by atoms with Crippen molar-refractivity contribution in [2.24, 2.45) is 0 Å². The molecule has 0 aliphatic carbocycles. The van der Waals surface area contributed by atoms with Gasteiger partial charge >= 0.3 is 0 Å². The number of ether oxygens (including phenoxy) is 1. The van der Waals surface area contributed by atoms with Crippen LogP contribution in [0.15, 0.2) is 18.2 Å². The summed E-state index contributed by atoms with van der Waals surface area (Å²) in [6.07, 6.45) is 2.16. The molecule has 1 saturated heterocycles. The largest absolute Gasteiger partial charge is 0.506 e. The van der Waals surface area contributed by atoms with Gasteiger partial charge in [0.25, 0.3) is 5.69 Å². The minimum absolute atomic E-state index is 0.100. The quantitative estimate of drug-likeness (QED) is 0.337. The number of anilines is 1. The fraction of sp³-hybridized carbons (Fsp3) is 0.417. The van der Waals surface area contributed by atoms with Crippen molar-refractivity contribution in [1.82, 2.24) is 5.32 Å². The number of nitro benzene ring substituents is 1. The third-order valence-electron chi connectivity index (χ3n) is 2.95. The second-order valence-corrected chi connectivity index (χ2v) is 4.84. The van der Waals surface area contributed by atoms with E-state index in [4.69, 9.17) is 17.0 Å². The summed E-state index contributed by atoms with van der Waals surface area (Å²) in [6, 6.07) is 3.71. The molecule has 0 spiro atoms. The number of hydrogen-bond donors (Lipinski definition) is 3. The van der Waals surface area contributed by atoms with Gasteiger partial charge in [-0.2, -0.15) is 0 Å². The van der Waals surface area contributed by atoms with Crippen molar-refractivity contribution in [3.63, 3.8) is 0 Å². The maximum absolute atomic E-state index is 10.7. The van der Waals surface area contributed by atoms with Crippen molar-refractivity contribution < 1.29 is 14.8 Å². The Morgan fingerprint density at radius 2 is 2.40 bits per heavy atom. The molecule has 1 aromatic carbocycles. The van der Waals surface area contributed by atoms with Crippen LogP contribution in [0.25, 0.3) is 0 Å². The summed E-state index contributed by atoms with van der Waals surface area (Å²) in [6.45, 7) is 1.33. The minimum Gasteiger partial charge on any atom is -0.506 e. The van der Waals surface area contributed by atoms with Crippen LogP contribution in [0.5, 0.6) is 5.75 Å². The lowest BCUT2D eigenvalue weighted by atomic mass is 10.2. The van der Waals surface area contributed by atoms with Gasteiger partial charge in [-0.05, 0) is 31.1 Å². The van der Waals surface area contributed by atoms with Crippen LogP contribution in [0.4, 0.5) is 11.4 Å². The highest BCUT2D eigenvalue weighted by molar-refractivity contribution is 7.80. The Bertz CT molecular complexity index is 517. The first kappa shape index (κ1) is 14.5. The van der Waals surface area contributed by atoms with Gasteiger partial charge in [-0.1, -0.05) is 0 Å². The third-order valence-corrected chi connectivity index (χ3v) is 3.20. The molecule has 0 amide bonds. The lowest BCUT2D eigenvalue weighted by Crippen LogP contribution is -2.34. The number of non-ortho nitro benzene ring substituents is 1. The van der Waals surface area contributed by atoms with E-state index >= 15 is 0 Å². The van der Waals surface area contributed by atoms with Gasteiger partial charge in [-0.3, -0.25) is 10.1 Å². The van der Waals surface area contributed by atoms with E-state index in [0.29, 0.717) is 6.54 Å². The van der Waals surface area contributed by atoms with Crippen molar-refractivity contribution in [2.45, 2.75) is 18.9 Å². The summed E-state index contributed by atoms with van der Waals surface area (Å²) in [4.78, 5) is 10.1. The van der Waals surface area contributed by atoms with Gasteiger partial charge in [-0.15, -0.1) is 0 Å². The fourth-order valence-electron chi connectivity index (χ4n) is 1.92. The van der Waals surface area contributed by atoms with Crippen molar-refractivity contribution >= 4 is 28.7 Å². The second kappa shape index (κ2) is 6.49. The standard InChI is InChI=1S/C12H15N3O4S/c16-11-4-3-8(15(17)18)6-10(11)14-12(20)13-7-9-2-1-5-19-9/h3-4,6,9,16H,1-2,5,7H2,(H2,13,14,20)/t9-/m0/s1. The zero-order chi connectivity index (χ0) is 14.5. The summed E-state index contributed by atoms with van der Waals surface area (Å²) < 4.78 is 5.44. The maximum Gasteiger partial charge on any atom is 0.271 e. The minimum atomic E-state index is -0.534. The average molecular weight is 297 g/mol.